The van der Waals surface area contributed by atoms with E-state index in [9.17, 15) is 0 Å². The highest BCUT2D eigenvalue weighted by Gasteiger charge is 2.07. The highest BCUT2D eigenvalue weighted by Crippen LogP contribution is 2.20. The monoisotopic (exact) mass is 212 g/mol. The number of nitrogens with two attached hydrogens (primary N) is 1. The van der Waals surface area contributed by atoms with Crippen LogP contribution in [0.4, 0.5) is 5.82 Å². The first kappa shape index (κ1) is 11.3. The molecule has 1 aromatic heterocycles. The molecule has 2 nitrogen and oxygen atoms in total. The van der Waals surface area contributed by atoms with Gasteiger partial charge in [0.1, 0.15) is 5.82 Å². The second-order valence-corrected chi connectivity index (χ2v) is 4.23. The molecule has 0 radical (unpaired) electrons. The SMILES string of the molecule is CCCC(C)Cc1cc(Cl)cnc1N. The summed E-state index contributed by atoms with van der Waals surface area (Å²) in [5.41, 5.74) is 6.83. The molecule has 0 fully saturated rings. The average Bonchev–Trinajstić information content (AvgIpc) is 2.12. The molecule has 78 valence electrons. The lowest BCUT2D eigenvalue weighted by Crippen LogP contribution is -2.04. The van der Waals surface area contributed by atoms with Gasteiger partial charge < -0.3 is 5.73 Å². The Morgan fingerprint density at radius 3 is 2.93 bits per heavy atom. The number of rotatable bonds is 4. The highest BCUT2D eigenvalue weighted by molar-refractivity contribution is 6.30. The van der Waals surface area contributed by atoms with E-state index >= 15 is 0 Å². The maximum absolute atomic E-state index is 5.86. The van der Waals surface area contributed by atoms with Gasteiger partial charge in [-0.3, -0.25) is 0 Å². The maximum atomic E-state index is 5.86. The molecule has 1 unspecified atom stereocenters. The van der Waals surface area contributed by atoms with E-state index in [1.165, 1.54) is 12.8 Å². The number of aromatic nitrogens is 1. The van der Waals surface area contributed by atoms with Gasteiger partial charge in [0.25, 0.3) is 0 Å². The fourth-order valence-electron chi connectivity index (χ4n) is 1.63. The van der Waals surface area contributed by atoms with Crippen LogP contribution in [0.15, 0.2) is 12.3 Å². The fraction of sp³-hybridized carbons (Fsp3) is 0.545. The van der Waals surface area contributed by atoms with Crippen LogP contribution >= 0.6 is 11.6 Å². The molecule has 2 N–H and O–H groups in total. The van der Waals surface area contributed by atoms with Gasteiger partial charge in [-0.05, 0) is 24.0 Å². The van der Waals surface area contributed by atoms with Crippen molar-refractivity contribution in [2.45, 2.75) is 33.1 Å². The summed E-state index contributed by atoms with van der Waals surface area (Å²) in [4.78, 5) is 4.04. The van der Waals surface area contributed by atoms with E-state index in [4.69, 9.17) is 17.3 Å². The first-order valence-corrected chi connectivity index (χ1v) is 5.41. The van der Waals surface area contributed by atoms with Crippen molar-refractivity contribution < 1.29 is 0 Å². The Labute approximate surface area is 90.5 Å². The van der Waals surface area contributed by atoms with Crippen molar-refractivity contribution in [2.24, 2.45) is 5.92 Å². The van der Waals surface area contributed by atoms with Gasteiger partial charge >= 0.3 is 0 Å². The molecule has 14 heavy (non-hydrogen) atoms. The molecular formula is C11H17ClN2. The van der Waals surface area contributed by atoms with Crippen molar-refractivity contribution in [1.29, 1.82) is 0 Å². The quantitative estimate of drug-likeness (QED) is 0.832. The second-order valence-electron chi connectivity index (χ2n) is 3.80. The van der Waals surface area contributed by atoms with Gasteiger partial charge in [-0.15, -0.1) is 0 Å². The molecule has 0 aliphatic heterocycles. The van der Waals surface area contributed by atoms with E-state index in [1.54, 1.807) is 6.20 Å². The Hall–Kier alpha value is -0.760. The van der Waals surface area contributed by atoms with Crippen molar-refractivity contribution in [3.63, 3.8) is 0 Å². The van der Waals surface area contributed by atoms with E-state index in [0.717, 1.165) is 12.0 Å². The van der Waals surface area contributed by atoms with E-state index < -0.39 is 0 Å². The van der Waals surface area contributed by atoms with Crippen LogP contribution < -0.4 is 5.73 Å². The summed E-state index contributed by atoms with van der Waals surface area (Å²) < 4.78 is 0. The lowest BCUT2D eigenvalue weighted by atomic mass is 9.97. The van der Waals surface area contributed by atoms with Gasteiger partial charge in [-0.25, -0.2) is 4.98 Å². The van der Waals surface area contributed by atoms with Crippen LogP contribution in [0.2, 0.25) is 5.02 Å². The Kier molecular flexibility index (Phi) is 4.21. The molecular weight excluding hydrogens is 196 g/mol. The van der Waals surface area contributed by atoms with Crippen LogP contribution in [0.3, 0.4) is 0 Å². The average molecular weight is 213 g/mol. The van der Waals surface area contributed by atoms with Crippen LogP contribution in [0.25, 0.3) is 0 Å². The predicted molar refractivity (Wildman–Crippen MR) is 61.4 cm³/mol. The zero-order valence-corrected chi connectivity index (χ0v) is 9.51. The van der Waals surface area contributed by atoms with Crippen LogP contribution in [0.5, 0.6) is 0 Å². The van der Waals surface area contributed by atoms with E-state index in [-0.39, 0.29) is 0 Å². The fourth-order valence-corrected chi connectivity index (χ4v) is 1.81. The summed E-state index contributed by atoms with van der Waals surface area (Å²) in [6.07, 6.45) is 4.97. The molecule has 1 atom stereocenters. The van der Waals surface area contributed by atoms with Gasteiger partial charge in [0.2, 0.25) is 0 Å². The normalized spacial score (nSPS) is 12.8. The molecule has 0 saturated carbocycles. The minimum absolute atomic E-state index is 0.609. The number of hydrogen-bond donors (Lipinski definition) is 1. The third-order valence-corrected chi connectivity index (χ3v) is 2.52. The molecule has 0 bridgehead atoms. The molecule has 1 heterocycles. The van der Waals surface area contributed by atoms with Crippen LogP contribution in [-0.2, 0) is 6.42 Å². The summed E-state index contributed by atoms with van der Waals surface area (Å²) in [6, 6.07) is 1.91. The number of nitrogens with zero attached hydrogens (tertiary/aromatic N) is 1. The summed E-state index contributed by atoms with van der Waals surface area (Å²) in [5.74, 6) is 1.25. The minimum Gasteiger partial charge on any atom is -0.383 e. The topological polar surface area (TPSA) is 38.9 Å². The van der Waals surface area contributed by atoms with Crippen LogP contribution in [0.1, 0.15) is 32.3 Å². The first-order chi connectivity index (χ1) is 6.63. The van der Waals surface area contributed by atoms with Crippen molar-refractivity contribution >= 4 is 17.4 Å². The third-order valence-electron chi connectivity index (χ3n) is 2.32. The molecule has 0 aliphatic carbocycles. The number of nitrogen functional groups attached to an aromatic ring is 1. The third kappa shape index (κ3) is 3.18. The van der Waals surface area contributed by atoms with Gasteiger partial charge in [0.05, 0.1) is 5.02 Å². The Bertz CT molecular complexity index is 299. The lowest BCUT2D eigenvalue weighted by Gasteiger charge is -2.11. The zero-order chi connectivity index (χ0) is 10.6. The van der Waals surface area contributed by atoms with Crippen molar-refractivity contribution in [1.82, 2.24) is 4.98 Å². The van der Waals surface area contributed by atoms with Crippen molar-refractivity contribution in [2.75, 3.05) is 5.73 Å². The zero-order valence-electron chi connectivity index (χ0n) is 8.76. The summed E-state index contributed by atoms with van der Waals surface area (Å²) in [6.45, 7) is 4.42. The van der Waals surface area contributed by atoms with E-state index in [2.05, 4.69) is 18.8 Å². The number of pyridine rings is 1. The highest BCUT2D eigenvalue weighted by atomic mass is 35.5. The molecule has 0 spiro atoms. The summed E-state index contributed by atoms with van der Waals surface area (Å²) in [5, 5.41) is 0.665. The van der Waals surface area contributed by atoms with E-state index in [0.29, 0.717) is 16.8 Å². The lowest BCUT2D eigenvalue weighted by molar-refractivity contribution is 0.522. The molecule has 1 aromatic rings. The second kappa shape index (κ2) is 5.20. The Morgan fingerprint density at radius 2 is 2.29 bits per heavy atom. The van der Waals surface area contributed by atoms with Gasteiger partial charge in [0, 0.05) is 6.20 Å². The number of hydrogen-bond acceptors (Lipinski definition) is 2. The Balaban J connectivity index is 2.70. The van der Waals surface area contributed by atoms with Crippen LogP contribution in [-0.4, -0.2) is 4.98 Å². The van der Waals surface area contributed by atoms with Crippen molar-refractivity contribution in [3.05, 3.63) is 22.8 Å². The molecule has 0 aromatic carbocycles. The summed E-state index contributed by atoms with van der Waals surface area (Å²) in [7, 11) is 0. The number of anilines is 1. The van der Waals surface area contributed by atoms with Gasteiger partial charge in [0.15, 0.2) is 0 Å². The maximum Gasteiger partial charge on any atom is 0.126 e. The van der Waals surface area contributed by atoms with Crippen LogP contribution in [0, 0.1) is 5.92 Å². The van der Waals surface area contributed by atoms with Gasteiger partial charge in [-0.2, -0.15) is 0 Å². The summed E-state index contributed by atoms with van der Waals surface area (Å²) >= 11 is 5.86. The smallest absolute Gasteiger partial charge is 0.126 e. The molecule has 0 amide bonds. The first-order valence-electron chi connectivity index (χ1n) is 5.03. The molecule has 1 rings (SSSR count). The Morgan fingerprint density at radius 1 is 1.57 bits per heavy atom. The largest absolute Gasteiger partial charge is 0.383 e. The molecule has 3 heteroatoms. The molecule has 0 aliphatic rings. The van der Waals surface area contributed by atoms with E-state index in [1.807, 2.05) is 6.07 Å². The standard InChI is InChI=1S/C11H17ClN2/c1-3-4-8(2)5-9-6-10(12)7-14-11(9)13/h6-8H,3-5H2,1-2H3,(H2,13,14). The van der Waals surface area contributed by atoms with Gasteiger partial charge in [-0.1, -0.05) is 38.3 Å². The minimum atomic E-state index is 0.609. The molecule has 0 saturated heterocycles. The van der Waals surface area contributed by atoms with Crippen molar-refractivity contribution in [3.8, 4) is 0 Å². The number of halogens is 1. The predicted octanol–water partition coefficient (Wildman–Crippen LogP) is 3.30.